The van der Waals surface area contributed by atoms with Crippen LogP contribution in [0.4, 0.5) is 0 Å². The second kappa shape index (κ2) is 5.92. The third kappa shape index (κ3) is 3.49. The molecule has 2 heteroatoms. The van der Waals surface area contributed by atoms with Gasteiger partial charge in [0.15, 0.2) is 0 Å². The van der Waals surface area contributed by atoms with E-state index < -0.39 is 0 Å². The van der Waals surface area contributed by atoms with E-state index in [0.29, 0.717) is 0 Å². The summed E-state index contributed by atoms with van der Waals surface area (Å²) in [6, 6.07) is 10.5. The van der Waals surface area contributed by atoms with Crippen LogP contribution in [0.1, 0.15) is 45.4 Å². The molecule has 0 aromatic heterocycles. The lowest BCUT2D eigenvalue weighted by Crippen LogP contribution is -2.36. The number of benzene rings is 1. The topological polar surface area (TPSA) is 20.2 Å². The Bertz CT molecular complexity index is 338. The molecule has 17 heavy (non-hydrogen) atoms. The summed E-state index contributed by atoms with van der Waals surface area (Å²) >= 11 is 1.85. The van der Waals surface area contributed by atoms with E-state index in [4.69, 9.17) is 0 Å². The minimum absolute atomic E-state index is 0.0121. The Hall–Kier alpha value is -0.470. The molecule has 94 valence electrons. The summed E-state index contributed by atoms with van der Waals surface area (Å²) in [5.41, 5.74) is 0. The monoisotopic (exact) mass is 250 g/mol. The highest BCUT2D eigenvalue weighted by molar-refractivity contribution is 8.00. The molecule has 0 radical (unpaired) electrons. The maximum Gasteiger partial charge on any atom is 0.0687 e. The van der Waals surface area contributed by atoms with E-state index in [2.05, 4.69) is 31.2 Å². The minimum atomic E-state index is -0.173. The van der Waals surface area contributed by atoms with Crippen molar-refractivity contribution >= 4 is 11.8 Å². The maximum absolute atomic E-state index is 10.4. The first-order valence-corrected chi connectivity index (χ1v) is 7.44. The van der Waals surface area contributed by atoms with Crippen molar-refractivity contribution in [2.24, 2.45) is 0 Å². The lowest BCUT2D eigenvalue weighted by atomic mass is 9.89. The quantitative estimate of drug-likeness (QED) is 0.846. The fourth-order valence-corrected chi connectivity index (χ4v) is 3.85. The first-order chi connectivity index (χ1) is 8.21. The number of aliphatic hydroxyl groups is 1. The van der Waals surface area contributed by atoms with Crippen molar-refractivity contribution in [2.75, 3.05) is 0 Å². The van der Waals surface area contributed by atoms with Gasteiger partial charge in [-0.15, -0.1) is 11.8 Å². The van der Waals surface area contributed by atoms with Gasteiger partial charge in [0, 0.05) is 9.64 Å². The van der Waals surface area contributed by atoms with Gasteiger partial charge in [-0.1, -0.05) is 43.9 Å². The minimum Gasteiger partial charge on any atom is -0.392 e. The molecule has 0 aliphatic heterocycles. The zero-order valence-electron chi connectivity index (χ0n) is 10.6. The van der Waals surface area contributed by atoms with E-state index in [0.717, 1.165) is 12.8 Å². The molecule has 1 nitrogen and oxygen atoms in total. The van der Waals surface area contributed by atoms with Crippen molar-refractivity contribution in [3.8, 4) is 0 Å². The molecule has 1 N–H and O–H groups in total. The Morgan fingerprint density at radius 3 is 2.59 bits per heavy atom. The normalized spacial score (nSPS) is 30.6. The molecule has 1 fully saturated rings. The zero-order valence-corrected chi connectivity index (χ0v) is 11.4. The van der Waals surface area contributed by atoms with E-state index in [1.807, 2.05) is 17.8 Å². The van der Waals surface area contributed by atoms with Crippen molar-refractivity contribution in [1.82, 2.24) is 0 Å². The van der Waals surface area contributed by atoms with Gasteiger partial charge in [0.1, 0.15) is 0 Å². The summed E-state index contributed by atoms with van der Waals surface area (Å²) in [5.74, 6) is 0. The van der Waals surface area contributed by atoms with Crippen LogP contribution in [0.3, 0.4) is 0 Å². The van der Waals surface area contributed by atoms with E-state index in [9.17, 15) is 5.11 Å². The number of aliphatic hydroxyl groups excluding tert-OH is 1. The van der Waals surface area contributed by atoms with Gasteiger partial charge in [0.05, 0.1) is 6.10 Å². The van der Waals surface area contributed by atoms with E-state index in [1.54, 1.807) is 0 Å². The van der Waals surface area contributed by atoms with Crippen molar-refractivity contribution in [1.29, 1.82) is 0 Å². The average molecular weight is 250 g/mol. The van der Waals surface area contributed by atoms with Gasteiger partial charge in [0.25, 0.3) is 0 Å². The van der Waals surface area contributed by atoms with Crippen LogP contribution in [0.2, 0.25) is 0 Å². The highest BCUT2D eigenvalue weighted by Crippen LogP contribution is 2.42. The first kappa shape index (κ1) is 13.0. The van der Waals surface area contributed by atoms with Crippen LogP contribution in [0.15, 0.2) is 35.2 Å². The summed E-state index contributed by atoms with van der Waals surface area (Å²) < 4.78 is -0.0121. The summed E-state index contributed by atoms with van der Waals surface area (Å²) in [5, 5.41) is 10.4. The molecule has 0 spiro atoms. The largest absolute Gasteiger partial charge is 0.392 e. The zero-order chi connectivity index (χ0) is 12.1. The molecule has 0 saturated heterocycles. The highest BCUT2D eigenvalue weighted by atomic mass is 32.2. The Labute approximate surface area is 109 Å². The van der Waals surface area contributed by atoms with Crippen LogP contribution in [0, 0.1) is 0 Å². The Morgan fingerprint density at radius 1 is 1.12 bits per heavy atom. The van der Waals surface area contributed by atoms with Gasteiger partial charge < -0.3 is 5.11 Å². The fraction of sp³-hybridized carbons (Fsp3) is 0.600. The van der Waals surface area contributed by atoms with Crippen LogP contribution in [-0.4, -0.2) is 16.0 Å². The molecule has 0 bridgehead atoms. The molecule has 1 aromatic carbocycles. The fourth-order valence-electron chi connectivity index (χ4n) is 2.52. The molecule has 1 saturated carbocycles. The summed E-state index contributed by atoms with van der Waals surface area (Å²) in [6.45, 7) is 2.22. The maximum atomic E-state index is 10.4. The molecule has 0 heterocycles. The lowest BCUT2D eigenvalue weighted by molar-refractivity contribution is 0.111. The molecule has 2 unspecified atom stereocenters. The van der Waals surface area contributed by atoms with Crippen molar-refractivity contribution in [3.05, 3.63) is 30.3 Å². The molecule has 1 aliphatic carbocycles. The van der Waals surface area contributed by atoms with E-state index >= 15 is 0 Å². The van der Waals surface area contributed by atoms with Gasteiger partial charge in [-0.05, 0) is 31.9 Å². The molecule has 1 aromatic rings. The molecular formula is C15H22OS. The molecule has 2 rings (SSSR count). The van der Waals surface area contributed by atoms with Gasteiger partial charge in [-0.3, -0.25) is 0 Å². The molecule has 0 amide bonds. The Kier molecular flexibility index (Phi) is 4.52. The lowest BCUT2D eigenvalue weighted by Gasteiger charge is -2.35. The second-order valence-corrected chi connectivity index (χ2v) is 6.80. The number of thioether (sulfide) groups is 1. The van der Waals surface area contributed by atoms with Gasteiger partial charge in [-0.25, -0.2) is 0 Å². The Balaban J connectivity index is 2.08. The molecule has 2 atom stereocenters. The van der Waals surface area contributed by atoms with Crippen molar-refractivity contribution < 1.29 is 5.11 Å². The summed E-state index contributed by atoms with van der Waals surface area (Å²) in [6.07, 6.45) is 6.91. The predicted octanol–water partition coefficient (Wildman–Crippen LogP) is 4.25. The van der Waals surface area contributed by atoms with Crippen LogP contribution in [-0.2, 0) is 0 Å². The summed E-state index contributed by atoms with van der Waals surface area (Å²) in [4.78, 5) is 1.27. The molecular weight excluding hydrogens is 228 g/mol. The van der Waals surface area contributed by atoms with Crippen molar-refractivity contribution in [3.63, 3.8) is 0 Å². The van der Waals surface area contributed by atoms with Crippen LogP contribution in [0.5, 0.6) is 0 Å². The SMILES string of the molecule is CC1(Sc2ccccc2)CCCCCCC1O. The van der Waals surface area contributed by atoms with Crippen LogP contribution < -0.4 is 0 Å². The molecule has 1 aliphatic rings. The van der Waals surface area contributed by atoms with E-state index in [1.165, 1.54) is 30.6 Å². The first-order valence-electron chi connectivity index (χ1n) is 6.63. The third-order valence-corrected chi connectivity index (χ3v) is 5.15. The van der Waals surface area contributed by atoms with Crippen molar-refractivity contribution in [2.45, 2.75) is 61.2 Å². The van der Waals surface area contributed by atoms with Gasteiger partial charge >= 0.3 is 0 Å². The summed E-state index contributed by atoms with van der Waals surface area (Å²) in [7, 11) is 0. The number of hydrogen-bond acceptors (Lipinski definition) is 2. The Morgan fingerprint density at radius 2 is 1.82 bits per heavy atom. The smallest absolute Gasteiger partial charge is 0.0687 e. The van der Waals surface area contributed by atoms with Gasteiger partial charge in [0.2, 0.25) is 0 Å². The van der Waals surface area contributed by atoms with Gasteiger partial charge in [-0.2, -0.15) is 0 Å². The van der Waals surface area contributed by atoms with E-state index in [-0.39, 0.29) is 10.9 Å². The highest BCUT2D eigenvalue weighted by Gasteiger charge is 2.34. The number of hydrogen-bond donors (Lipinski definition) is 1. The van der Waals surface area contributed by atoms with Crippen LogP contribution >= 0.6 is 11.8 Å². The van der Waals surface area contributed by atoms with Crippen LogP contribution in [0.25, 0.3) is 0 Å². The predicted molar refractivity (Wildman–Crippen MR) is 74.4 cm³/mol. The number of rotatable bonds is 2. The average Bonchev–Trinajstić information content (AvgIpc) is 2.33. The third-order valence-electron chi connectivity index (χ3n) is 3.70. The second-order valence-electron chi connectivity index (χ2n) is 5.20. The standard InChI is InChI=1S/C15H22OS/c1-15(17-13-9-5-4-6-10-13)12-8-3-2-7-11-14(15)16/h4-6,9-10,14,16H,2-3,7-8,11-12H2,1H3.